The van der Waals surface area contributed by atoms with Crippen LogP contribution in [0.3, 0.4) is 0 Å². The van der Waals surface area contributed by atoms with Gasteiger partial charge in [-0.2, -0.15) is 9.97 Å². The van der Waals surface area contributed by atoms with Gasteiger partial charge in [0.15, 0.2) is 11.5 Å². The van der Waals surface area contributed by atoms with Crippen LogP contribution >= 0.6 is 23.2 Å². The maximum atomic E-state index is 6.00. The van der Waals surface area contributed by atoms with E-state index in [0.717, 1.165) is 39.4 Å². The number of aromatic nitrogens is 6. The van der Waals surface area contributed by atoms with Crippen LogP contribution in [0.4, 0.5) is 17.2 Å². The normalized spacial score (nSPS) is 10.8. The fraction of sp³-hybridized carbons (Fsp3) is 0.233. The van der Waals surface area contributed by atoms with E-state index in [2.05, 4.69) is 44.3 Å². The predicted octanol–water partition coefficient (Wildman–Crippen LogP) is 10.8. The second-order valence-electron chi connectivity index (χ2n) is 12.0. The highest BCUT2D eigenvalue weighted by Gasteiger charge is 2.34. The van der Waals surface area contributed by atoms with Crippen molar-refractivity contribution in [3.05, 3.63) is 149 Å². The van der Waals surface area contributed by atoms with E-state index in [0.29, 0.717) is 37.0 Å². The molecule has 3 heterocycles. The smallest absolute Gasteiger partial charge is 0.311 e. The minimum Gasteiger partial charge on any atom is -0.394 e. The standard InChI is InChI=1S/C18H13ClN4.C13H20O3.C11H11ClN4.CH4/c1-12-6-5-9-14(10-12)23-16(13-7-3-2-4-8-13)21-15-11-20-18(19)22-17(15)23;1-4-14-13(15-5-2,16-6-3)12-10-8-7-9-11-12;1-7-3-2-4-8(5-7)15-10-9(13)6-14-11(12)16-10;/h2-11H,1H3;7-11H,4-6H2,1-3H3;2-6H,13H2,1H3,(H,14,15,16);1H4. The molecule has 7 rings (SSSR count). The van der Waals surface area contributed by atoms with E-state index < -0.39 is 5.97 Å². The first kappa shape index (κ1) is 43.3. The number of nitrogens with two attached hydrogens (primary N) is 1. The lowest BCUT2D eigenvalue weighted by Crippen LogP contribution is -2.36. The highest BCUT2D eigenvalue weighted by atomic mass is 35.5. The Hall–Kier alpha value is -5.43. The lowest BCUT2D eigenvalue weighted by Gasteiger charge is -2.32. The molecular formula is C43H48Cl2N8O3. The second-order valence-corrected chi connectivity index (χ2v) is 12.7. The molecule has 0 atom stereocenters. The van der Waals surface area contributed by atoms with Crippen LogP contribution in [-0.4, -0.2) is 49.3 Å². The summed E-state index contributed by atoms with van der Waals surface area (Å²) in [7, 11) is 0. The first-order valence-corrected chi connectivity index (χ1v) is 18.5. The maximum Gasteiger partial charge on any atom is 0.311 e. The number of anilines is 3. The average Bonchev–Trinajstić information content (AvgIpc) is 3.57. The van der Waals surface area contributed by atoms with Gasteiger partial charge >= 0.3 is 5.97 Å². The fourth-order valence-electron chi connectivity index (χ4n) is 5.56. The highest BCUT2D eigenvalue weighted by Crippen LogP contribution is 2.30. The Morgan fingerprint density at radius 1 is 0.679 bits per heavy atom. The number of hydrogen-bond donors (Lipinski definition) is 2. The number of aryl methyl sites for hydroxylation is 2. The summed E-state index contributed by atoms with van der Waals surface area (Å²) in [6.45, 7) is 11.5. The van der Waals surface area contributed by atoms with E-state index in [4.69, 9.17) is 48.1 Å². The fourth-order valence-corrected chi connectivity index (χ4v) is 5.82. The number of nitrogens with one attached hydrogen (secondary N) is 1. The molecule has 0 aliphatic carbocycles. The number of halogens is 2. The van der Waals surface area contributed by atoms with Crippen molar-refractivity contribution in [2.45, 2.75) is 48.0 Å². The summed E-state index contributed by atoms with van der Waals surface area (Å²) in [5, 5.41) is 3.48. The first-order chi connectivity index (χ1) is 26.7. The average molecular weight is 796 g/mol. The van der Waals surface area contributed by atoms with Gasteiger partial charge in [0, 0.05) is 42.3 Å². The van der Waals surface area contributed by atoms with Gasteiger partial charge in [0.1, 0.15) is 11.3 Å². The Balaban J connectivity index is 0.000000190. The molecule has 292 valence electrons. The third-order valence-corrected chi connectivity index (χ3v) is 8.23. The lowest BCUT2D eigenvalue weighted by atomic mass is 10.2. The highest BCUT2D eigenvalue weighted by molar-refractivity contribution is 6.28. The van der Waals surface area contributed by atoms with Crippen molar-refractivity contribution in [2.24, 2.45) is 0 Å². The van der Waals surface area contributed by atoms with Crippen LogP contribution in [0.5, 0.6) is 0 Å². The first-order valence-electron chi connectivity index (χ1n) is 17.8. The number of fused-ring (bicyclic) bond motifs is 1. The third kappa shape index (κ3) is 11.3. The Kier molecular flexibility index (Phi) is 16.3. The van der Waals surface area contributed by atoms with Crippen LogP contribution < -0.4 is 11.1 Å². The van der Waals surface area contributed by atoms with Crippen LogP contribution in [0.1, 0.15) is 44.9 Å². The molecule has 0 bridgehead atoms. The third-order valence-electron chi connectivity index (χ3n) is 7.86. The summed E-state index contributed by atoms with van der Waals surface area (Å²) in [5.74, 6) is 0.285. The molecule has 0 fully saturated rings. The molecule has 0 spiro atoms. The largest absolute Gasteiger partial charge is 0.394 e. The Bertz CT molecular complexity index is 2260. The molecule has 4 aromatic carbocycles. The number of ether oxygens (including phenoxy) is 3. The van der Waals surface area contributed by atoms with E-state index in [-0.39, 0.29) is 18.0 Å². The molecule has 56 heavy (non-hydrogen) atoms. The zero-order valence-electron chi connectivity index (χ0n) is 31.4. The van der Waals surface area contributed by atoms with Crippen LogP contribution in [0.15, 0.2) is 122 Å². The van der Waals surface area contributed by atoms with Gasteiger partial charge in [0.05, 0.1) is 18.1 Å². The molecule has 0 aliphatic heterocycles. The molecule has 0 amide bonds. The van der Waals surface area contributed by atoms with Gasteiger partial charge in [-0.3, -0.25) is 4.57 Å². The molecule has 7 aromatic rings. The van der Waals surface area contributed by atoms with Crippen molar-refractivity contribution in [3.8, 4) is 17.1 Å². The van der Waals surface area contributed by atoms with E-state index in [1.165, 1.54) is 11.8 Å². The molecule has 3 N–H and O–H groups in total. The van der Waals surface area contributed by atoms with Gasteiger partial charge < -0.3 is 25.3 Å². The summed E-state index contributed by atoms with van der Waals surface area (Å²) in [6.07, 6.45) is 3.14. The van der Waals surface area contributed by atoms with Gasteiger partial charge in [0.25, 0.3) is 0 Å². The predicted molar refractivity (Wildman–Crippen MR) is 227 cm³/mol. The molecule has 13 heteroatoms. The van der Waals surface area contributed by atoms with Crippen molar-refractivity contribution >= 4 is 51.6 Å². The van der Waals surface area contributed by atoms with Crippen LogP contribution in [0.25, 0.3) is 28.2 Å². The molecule has 3 aromatic heterocycles. The van der Waals surface area contributed by atoms with E-state index in [9.17, 15) is 0 Å². The van der Waals surface area contributed by atoms with Crippen molar-refractivity contribution in [3.63, 3.8) is 0 Å². The SMILES string of the molecule is C.CCOC(OCC)(OCC)c1ccccc1.Cc1cccc(-n2c(-c3ccccc3)nc3cnc(Cl)nc32)c1.Cc1cccc(Nc2nc(Cl)ncc2N)c1. The minimum atomic E-state index is -1.06. The Morgan fingerprint density at radius 2 is 1.25 bits per heavy atom. The molecule has 11 nitrogen and oxygen atoms in total. The van der Waals surface area contributed by atoms with E-state index in [1.54, 1.807) is 6.20 Å². The summed E-state index contributed by atoms with van der Waals surface area (Å²) < 4.78 is 19.0. The van der Waals surface area contributed by atoms with Crippen molar-refractivity contribution in [1.29, 1.82) is 0 Å². The molecule has 0 saturated heterocycles. The van der Waals surface area contributed by atoms with Crippen molar-refractivity contribution in [2.75, 3.05) is 30.9 Å². The topological polar surface area (TPSA) is 135 Å². The summed E-state index contributed by atoms with van der Waals surface area (Å²) in [4.78, 5) is 20.9. The van der Waals surface area contributed by atoms with Gasteiger partial charge in [-0.05, 0) is 93.2 Å². The van der Waals surface area contributed by atoms with Gasteiger partial charge in [-0.1, -0.05) is 92.4 Å². The quantitative estimate of drug-likeness (QED) is 0.0962. The van der Waals surface area contributed by atoms with E-state index >= 15 is 0 Å². The Morgan fingerprint density at radius 3 is 1.86 bits per heavy atom. The van der Waals surface area contributed by atoms with Crippen LogP contribution in [0, 0.1) is 13.8 Å². The second kappa shape index (κ2) is 21.0. The minimum absolute atomic E-state index is 0. The van der Waals surface area contributed by atoms with Gasteiger partial charge in [-0.25, -0.2) is 15.0 Å². The zero-order valence-corrected chi connectivity index (χ0v) is 32.9. The number of imidazole rings is 1. The monoisotopic (exact) mass is 794 g/mol. The van der Waals surface area contributed by atoms with Gasteiger partial charge in [-0.15, -0.1) is 0 Å². The number of nitrogen functional groups attached to an aromatic ring is 1. The number of benzene rings is 4. The van der Waals surface area contributed by atoms with E-state index in [1.807, 2.05) is 129 Å². The van der Waals surface area contributed by atoms with Crippen LogP contribution in [0.2, 0.25) is 10.6 Å². The summed E-state index contributed by atoms with van der Waals surface area (Å²) in [6, 6.07) is 35.9. The Labute approximate surface area is 338 Å². The molecular weight excluding hydrogens is 747 g/mol. The zero-order chi connectivity index (χ0) is 39.2. The van der Waals surface area contributed by atoms with Crippen molar-refractivity contribution < 1.29 is 14.2 Å². The van der Waals surface area contributed by atoms with Crippen LogP contribution in [-0.2, 0) is 20.2 Å². The molecule has 0 saturated carbocycles. The molecule has 0 radical (unpaired) electrons. The number of nitrogens with zero attached hydrogens (tertiary/aromatic N) is 6. The summed E-state index contributed by atoms with van der Waals surface area (Å²) >= 11 is 11.7. The molecule has 0 aliphatic rings. The maximum absolute atomic E-state index is 6.00. The summed E-state index contributed by atoms with van der Waals surface area (Å²) in [5.41, 5.74) is 13.8. The van der Waals surface area contributed by atoms with Crippen molar-refractivity contribution in [1.82, 2.24) is 29.5 Å². The van der Waals surface area contributed by atoms with Gasteiger partial charge in [0.2, 0.25) is 10.6 Å². The number of rotatable bonds is 11. The number of hydrogen-bond acceptors (Lipinski definition) is 10. The lowest BCUT2D eigenvalue weighted by molar-refractivity contribution is -0.389. The molecule has 0 unspecified atom stereocenters.